The average Bonchev–Trinajstić information content (AvgIpc) is 3.11. The van der Waals surface area contributed by atoms with Crippen molar-refractivity contribution in [3.8, 4) is 0 Å². The van der Waals surface area contributed by atoms with E-state index in [4.69, 9.17) is 0 Å². The van der Waals surface area contributed by atoms with E-state index in [2.05, 4.69) is 13.8 Å². The molecule has 0 aliphatic heterocycles. The van der Waals surface area contributed by atoms with Crippen molar-refractivity contribution >= 4 is 0 Å². The van der Waals surface area contributed by atoms with Crippen LogP contribution in [0.5, 0.6) is 0 Å². The molecular formula is C18H34. The van der Waals surface area contributed by atoms with Crippen molar-refractivity contribution in [1.82, 2.24) is 0 Å². The number of hydrogen-bond donors (Lipinski definition) is 0. The lowest BCUT2D eigenvalue weighted by atomic mass is 9.77. The molecule has 2 rings (SSSR count). The molecule has 2 aliphatic carbocycles. The third-order valence-corrected chi connectivity index (χ3v) is 5.88. The lowest BCUT2D eigenvalue weighted by molar-refractivity contribution is 0.240. The number of fused-ring (bicyclic) bond motifs is 1. The Hall–Kier alpha value is 0. The van der Waals surface area contributed by atoms with E-state index in [0.717, 1.165) is 11.8 Å². The molecule has 2 aliphatic rings. The van der Waals surface area contributed by atoms with Gasteiger partial charge in [0.1, 0.15) is 0 Å². The molecule has 0 aromatic rings. The van der Waals surface area contributed by atoms with Gasteiger partial charge < -0.3 is 0 Å². The third-order valence-electron chi connectivity index (χ3n) is 5.88. The molecule has 0 radical (unpaired) electrons. The van der Waals surface area contributed by atoms with Gasteiger partial charge in [0.05, 0.1) is 0 Å². The van der Waals surface area contributed by atoms with E-state index in [1.54, 1.807) is 19.3 Å². The molecular weight excluding hydrogens is 216 g/mol. The van der Waals surface area contributed by atoms with Crippen molar-refractivity contribution in [2.24, 2.45) is 17.3 Å². The Morgan fingerprint density at radius 2 is 1.28 bits per heavy atom. The van der Waals surface area contributed by atoms with Crippen LogP contribution in [0.1, 0.15) is 97.3 Å². The summed E-state index contributed by atoms with van der Waals surface area (Å²) in [5.41, 5.74) is 0.659. The van der Waals surface area contributed by atoms with Crippen LogP contribution in [-0.2, 0) is 0 Å². The summed E-state index contributed by atoms with van der Waals surface area (Å²) in [5, 5.41) is 0. The van der Waals surface area contributed by atoms with Gasteiger partial charge in [-0.25, -0.2) is 0 Å². The van der Waals surface area contributed by atoms with Gasteiger partial charge >= 0.3 is 0 Å². The summed E-state index contributed by atoms with van der Waals surface area (Å²) < 4.78 is 0. The largest absolute Gasteiger partial charge is 0.0649 e. The van der Waals surface area contributed by atoms with E-state index >= 15 is 0 Å². The molecule has 0 saturated heterocycles. The summed E-state index contributed by atoms with van der Waals surface area (Å²) in [6, 6.07) is 0. The molecule has 2 saturated carbocycles. The van der Waals surface area contributed by atoms with Gasteiger partial charge in [0.25, 0.3) is 0 Å². The van der Waals surface area contributed by atoms with Crippen LogP contribution in [0.15, 0.2) is 0 Å². The first-order chi connectivity index (χ1) is 8.73. The molecule has 0 bridgehead atoms. The molecule has 0 aromatic heterocycles. The van der Waals surface area contributed by atoms with E-state index in [0.29, 0.717) is 5.41 Å². The van der Waals surface area contributed by atoms with Crippen molar-refractivity contribution in [1.29, 1.82) is 0 Å². The summed E-state index contributed by atoms with van der Waals surface area (Å²) in [6.07, 6.45) is 19.5. The van der Waals surface area contributed by atoms with Gasteiger partial charge in [-0.3, -0.25) is 0 Å². The van der Waals surface area contributed by atoms with Crippen molar-refractivity contribution in [2.45, 2.75) is 97.3 Å². The molecule has 3 atom stereocenters. The first-order valence-corrected chi connectivity index (χ1v) is 8.73. The molecule has 2 fully saturated rings. The number of hydrogen-bond acceptors (Lipinski definition) is 0. The molecule has 0 aromatic carbocycles. The van der Waals surface area contributed by atoms with Crippen LogP contribution in [0.2, 0.25) is 0 Å². The van der Waals surface area contributed by atoms with E-state index in [9.17, 15) is 0 Å². The van der Waals surface area contributed by atoms with Crippen molar-refractivity contribution in [2.75, 3.05) is 0 Å². The first kappa shape index (κ1) is 14.4. The highest BCUT2D eigenvalue weighted by Gasteiger charge is 2.35. The summed E-state index contributed by atoms with van der Waals surface area (Å²) in [6.45, 7) is 4.94. The normalized spacial score (nSPS) is 39.7. The second-order valence-electron chi connectivity index (χ2n) is 7.47. The van der Waals surface area contributed by atoms with Gasteiger partial charge in [0.15, 0.2) is 0 Å². The van der Waals surface area contributed by atoms with Crippen molar-refractivity contribution in [3.05, 3.63) is 0 Å². The summed E-state index contributed by atoms with van der Waals surface area (Å²) in [4.78, 5) is 0. The van der Waals surface area contributed by atoms with E-state index in [1.807, 2.05) is 0 Å². The fourth-order valence-corrected chi connectivity index (χ4v) is 3.94. The topological polar surface area (TPSA) is 0 Å². The Morgan fingerprint density at radius 1 is 0.778 bits per heavy atom. The first-order valence-electron chi connectivity index (χ1n) is 8.73. The van der Waals surface area contributed by atoms with Crippen molar-refractivity contribution < 1.29 is 0 Å². The smallest absolute Gasteiger partial charge is 0.0328 e. The second-order valence-corrected chi connectivity index (χ2v) is 7.47. The molecule has 0 nitrogen and oxygen atoms in total. The van der Waals surface area contributed by atoms with Gasteiger partial charge in [-0.2, -0.15) is 0 Å². The summed E-state index contributed by atoms with van der Waals surface area (Å²) in [7, 11) is 0. The van der Waals surface area contributed by atoms with E-state index in [1.165, 1.54) is 64.2 Å². The maximum atomic E-state index is 2.54. The zero-order valence-electron chi connectivity index (χ0n) is 12.8. The van der Waals surface area contributed by atoms with Crippen LogP contribution in [0.3, 0.4) is 0 Å². The lowest BCUT2D eigenvalue weighted by Gasteiger charge is -2.28. The molecule has 106 valence electrons. The zero-order chi connectivity index (χ0) is 12.8. The van der Waals surface area contributed by atoms with Crippen LogP contribution in [0.4, 0.5) is 0 Å². The third kappa shape index (κ3) is 4.59. The minimum absolute atomic E-state index is 0.659. The molecule has 18 heavy (non-hydrogen) atoms. The van der Waals surface area contributed by atoms with Crippen LogP contribution in [-0.4, -0.2) is 0 Å². The lowest BCUT2D eigenvalue weighted by Crippen LogP contribution is -2.15. The zero-order valence-corrected chi connectivity index (χ0v) is 12.8. The summed E-state index contributed by atoms with van der Waals surface area (Å²) >= 11 is 0. The Balaban J connectivity index is 1.75. The van der Waals surface area contributed by atoms with Gasteiger partial charge in [-0.05, 0) is 36.5 Å². The second kappa shape index (κ2) is 6.96. The van der Waals surface area contributed by atoms with Crippen LogP contribution in [0, 0.1) is 17.3 Å². The van der Waals surface area contributed by atoms with E-state index in [-0.39, 0.29) is 0 Å². The van der Waals surface area contributed by atoms with Crippen LogP contribution in [0.25, 0.3) is 0 Å². The molecule has 0 amide bonds. The highest BCUT2D eigenvalue weighted by Crippen LogP contribution is 2.46. The van der Waals surface area contributed by atoms with E-state index < -0.39 is 0 Å². The Bertz CT molecular complexity index is 232. The maximum Gasteiger partial charge on any atom is -0.0328 e. The fraction of sp³-hybridized carbons (Fsp3) is 1.00. The summed E-state index contributed by atoms with van der Waals surface area (Å²) in [5.74, 6) is 2.29. The van der Waals surface area contributed by atoms with Gasteiger partial charge in [0, 0.05) is 0 Å². The fourth-order valence-electron chi connectivity index (χ4n) is 3.94. The Morgan fingerprint density at radius 3 is 1.83 bits per heavy atom. The Labute approximate surface area is 115 Å². The quantitative estimate of drug-likeness (QED) is 0.509. The van der Waals surface area contributed by atoms with Crippen molar-refractivity contribution in [3.63, 3.8) is 0 Å². The molecule has 0 heteroatoms. The monoisotopic (exact) mass is 250 g/mol. The minimum Gasteiger partial charge on any atom is -0.0649 e. The Kier molecular flexibility index (Phi) is 5.57. The van der Waals surface area contributed by atoms with Gasteiger partial charge in [-0.15, -0.1) is 0 Å². The predicted molar refractivity (Wildman–Crippen MR) is 80.8 cm³/mol. The standard InChI is InChI=1S/C18H34/c1-3-18(2)13-9-5-4-7-11-16-15-17(16)12-8-6-10-14-18/h16-17H,3-15H2,1-2H3. The minimum atomic E-state index is 0.659. The maximum absolute atomic E-state index is 2.54. The predicted octanol–water partition coefficient (Wildman–Crippen LogP) is 6.34. The average molecular weight is 250 g/mol. The molecule has 0 N–H and O–H groups in total. The van der Waals surface area contributed by atoms with Crippen LogP contribution < -0.4 is 0 Å². The van der Waals surface area contributed by atoms with Gasteiger partial charge in [-0.1, -0.05) is 78.1 Å². The van der Waals surface area contributed by atoms with Gasteiger partial charge in [0.2, 0.25) is 0 Å². The molecule has 0 spiro atoms. The highest BCUT2D eigenvalue weighted by atomic mass is 14.4. The number of rotatable bonds is 1. The SMILES string of the molecule is CCC1(C)CCCCCCC2CC2CCCCC1. The van der Waals surface area contributed by atoms with Crippen LogP contribution >= 0.6 is 0 Å². The molecule has 0 heterocycles. The molecule has 3 unspecified atom stereocenters. The highest BCUT2D eigenvalue weighted by molar-refractivity contribution is 4.86.